The summed E-state index contributed by atoms with van der Waals surface area (Å²) in [6.07, 6.45) is 2.39. The highest BCUT2D eigenvalue weighted by atomic mass is 32.2. The molecule has 2 aliphatic heterocycles. The van der Waals surface area contributed by atoms with Crippen LogP contribution in [0.3, 0.4) is 0 Å². The second kappa shape index (κ2) is 7.75. The van der Waals surface area contributed by atoms with Gasteiger partial charge in [0.1, 0.15) is 0 Å². The fraction of sp³-hybridized carbons (Fsp3) is 0.556. The Morgan fingerprint density at radius 3 is 2.31 bits per heavy atom. The van der Waals surface area contributed by atoms with E-state index in [9.17, 15) is 18.0 Å². The summed E-state index contributed by atoms with van der Waals surface area (Å²) in [6.45, 7) is 3.44. The molecular weight excluding hydrogens is 356 g/mol. The van der Waals surface area contributed by atoms with Crippen LogP contribution in [0, 0.1) is 5.92 Å². The lowest BCUT2D eigenvalue weighted by atomic mass is 9.94. The van der Waals surface area contributed by atoms with E-state index >= 15 is 0 Å². The minimum Gasteiger partial charge on any atom is -0.378 e. The predicted octanol–water partition coefficient (Wildman–Crippen LogP) is 0.801. The van der Waals surface area contributed by atoms with Crippen LogP contribution >= 0.6 is 0 Å². The van der Waals surface area contributed by atoms with E-state index in [0.29, 0.717) is 57.8 Å². The molecule has 2 saturated heterocycles. The van der Waals surface area contributed by atoms with Crippen LogP contribution in [-0.2, 0) is 19.4 Å². The summed E-state index contributed by atoms with van der Waals surface area (Å²) in [4.78, 5) is 28.9. The van der Waals surface area contributed by atoms with Gasteiger partial charge in [-0.15, -0.1) is 0 Å². The molecular formula is C18H24N2O5S. The van der Waals surface area contributed by atoms with Gasteiger partial charge in [0.05, 0.1) is 18.1 Å². The number of likely N-dealkylation sites (tertiary alicyclic amines) is 1. The number of hydrogen-bond acceptors (Lipinski definition) is 5. The summed E-state index contributed by atoms with van der Waals surface area (Å²) >= 11 is 0. The number of benzene rings is 1. The van der Waals surface area contributed by atoms with Gasteiger partial charge in [0.2, 0.25) is 5.91 Å². The molecule has 1 aromatic carbocycles. The van der Waals surface area contributed by atoms with Crippen LogP contribution < -0.4 is 0 Å². The van der Waals surface area contributed by atoms with Crippen LogP contribution in [0.25, 0.3) is 0 Å². The summed E-state index contributed by atoms with van der Waals surface area (Å²) in [5.74, 6) is -0.0910. The second-order valence-corrected chi connectivity index (χ2v) is 8.82. The van der Waals surface area contributed by atoms with Gasteiger partial charge in [-0.05, 0) is 31.0 Å². The zero-order chi connectivity index (χ0) is 18.7. The molecule has 2 aliphatic rings. The van der Waals surface area contributed by atoms with E-state index < -0.39 is 9.84 Å². The van der Waals surface area contributed by atoms with Crippen molar-refractivity contribution in [3.63, 3.8) is 0 Å². The summed E-state index contributed by atoms with van der Waals surface area (Å²) in [5.41, 5.74) is 0.367. The van der Waals surface area contributed by atoms with Crippen molar-refractivity contribution in [2.45, 2.75) is 17.7 Å². The number of sulfone groups is 1. The van der Waals surface area contributed by atoms with Gasteiger partial charge < -0.3 is 14.5 Å². The Morgan fingerprint density at radius 1 is 1.04 bits per heavy atom. The average Bonchev–Trinajstić information content (AvgIpc) is 2.67. The molecule has 0 aliphatic carbocycles. The molecule has 2 heterocycles. The highest BCUT2D eigenvalue weighted by Gasteiger charge is 2.31. The van der Waals surface area contributed by atoms with Crippen molar-refractivity contribution in [2.24, 2.45) is 5.92 Å². The van der Waals surface area contributed by atoms with Crippen LogP contribution in [-0.4, -0.2) is 75.7 Å². The summed E-state index contributed by atoms with van der Waals surface area (Å²) in [6, 6.07) is 6.11. The van der Waals surface area contributed by atoms with E-state index in [1.165, 1.54) is 12.1 Å². The molecule has 0 unspecified atom stereocenters. The maximum absolute atomic E-state index is 12.7. The molecule has 2 fully saturated rings. The Kier molecular flexibility index (Phi) is 5.62. The van der Waals surface area contributed by atoms with Gasteiger partial charge in [-0.25, -0.2) is 8.42 Å². The first-order chi connectivity index (χ1) is 12.4. The van der Waals surface area contributed by atoms with Crippen molar-refractivity contribution in [3.8, 4) is 0 Å². The molecule has 3 rings (SSSR count). The molecule has 0 saturated carbocycles. The number of rotatable bonds is 3. The molecule has 26 heavy (non-hydrogen) atoms. The first-order valence-electron chi connectivity index (χ1n) is 8.82. The average molecular weight is 380 g/mol. The molecule has 7 nitrogen and oxygen atoms in total. The topological polar surface area (TPSA) is 84.0 Å². The predicted molar refractivity (Wildman–Crippen MR) is 95.6 cm³/mol. The van der Waals surface area contributed by atoms with Crippen molar-refractivity contribution in [1.29, 1.82) is 0 Å². The third kappa shape index (κ3) is 4.24. The van der Waals surface area contributed by atoms with E-state index in [0.717, 1.165) is 6.26 Å². The number of ether oxygens (including phenoxy) is 1. The second-order valence-electron chi connectivity index (χ2n) is 6.80. The van der Waals surface area contributed by atoms with Crippen LogP contribution in [0.4, 0.5) is 0 Å². The van der Waals surface area contributed by atoms with Gasteiger partial charge in [0, 0.05) is 43.9 Å². The number of hydrogen-bond donors (Lipinski definition) is 0. The van der Waals surface area contributed by atoms with Gasteiger partial charge in [-0.2, -0.15) is 0 Å². The van der Waals surface area contributed by atoms with Crippen LogP contribution in [0.15, 0.2) is 29.2 Å². The molecule has 8 heteroatoms. The summed E-state index contributed by atoms with van der Waals surface area (Å²) in [7, 11) is -3.35. The molecule has 0 bridgehead atoms. The van der Waals surface area contributed by atoms with Crippen molar-refractivity contribution in [1.82, 2.24) is 9.80 Å². The molecule has 0 spiro atoms. The molecule has 0 N–H and O–H groups in total. The molecule has 2 amide bonds. The minimum atomic E-state index is -3.35. The summed E-state index contributed by atoms with van der Waals surface area (Å²) in [5, 5.41) is 0. The van der Waals surface area contributed by atoms with E-state index in [1.807, 2.05) is 4.90 Å². The zero-order valence-corrected chi connectivity index (χ0v) is 15.7. The molecule has 0 atom stereocenters. The minimum absolute atomic E-state index is 0.0560. The van der Waals surface area contributed by atoms with Gasteiger partial charge in [-0.3, -0.25) is 9.59 Å². The molecule has 0 aromatic heterocycles. The van der Waals surface area contributed by atoms with E-state index in [4.69, 9.17) is 4.74 Å². The van der Waals surface area contributed by atoms with Gasteiger partial charge in [0.15, 0.2) is 9.84 Å². The number of piperidine rings is 1. The fourth-order valence-corrected chi connectivity index (χ4v) is 4.08. The van der Waals surface area contributed by atoms with Crippen molar-refractivity contribution < 1.29 is 22.7 Å². The SMILES string of the molecule is CS(=O)(=O)c1cccc(C(=O)N2CCC(C(=O)N3CCOCC3)CC2)c1. The lowest BCUT2D eigenvalue weighted by Crippen LogP contribution is -2.47. The highest BCUT2D eigenvalue weighted by molar-refractivity contribution is 7.90. The van der Waals surface area contributed by atoms with Crippen LogP contribution in [0.1, 0.15) is 23.2 Å². The van der Waals surface area contributed by atoms with Crippen molar-refractivity contribution in [3.05, 3.63) is 29.8 Å². The first kappa shape index (κ1) is 18.8. The van der Waals surface area contributed by atoms with Crippen molar-refractivity contribution >= 4 is 21.7 Å². The number of carbonyl (C=O) groups excluding carboxylic acids is 2. The van der Waals surface area contributed by atoms with Gasteiger partial charge in [-0.1, -0.05) is 6.07 Å². The maximum Gasteiger partial charge on any atom is 0.253 e. The van der Waals surface area contributed by atoms with Crippen LogP contribution in [0.5, 0.6) is 0 Å². The Balaban J connectivity index is 1.61. The van der Waals surface area contributed by atoms with Gasteiger partial charge >= 0.3 is 0 Å². The largest absolute Gasteiger partial charge is 0.378 e. The number of nitrogens with zero attached hydrogens (tertiary/aromatic N) is 2. The first-order valence-corrected chi connectivity index (χ1v) is 10.7. The standard InChI is InChI=1S/C18H24N2O5S/c1-26(23,24)16-4-2-3-15(13-16)18(22)19-7-5-14(6-8-19)17(21)20-9-11-25-12-10-20/h2-4,13-14H,5-12H2,1H3. The smallest absolute Gasteiger partial charge is 0.253 e. The highest BCUT2D eigenvalue weighted by Crippen LogP contribution is 2.22. The lowest BCUT2D eigenvalue weighted by Gasteiger charge is -2.35. The maximum atomic E-state index is 12.7. The Morgan fingerprint density at radius 2 is 1.69 bits per heavy atom. The molecule has 0 radical (unpaired) electrons. The third-order valence-corrected chi connectivity index (χ3v) is 6.07. The van der Waals surface area contributed by atoms with Gasteiger partial charge in [0.25, 0.3) is 5.91 Å². The normalized spacial score (nSPS) is 19.4. The van der Waals surface area contributed by atoms with E-state index in [-0.39, 0.29) is 22.6 Å². The quantitative estimate of drug-likeness (QED) is 0.775. The molecule has 1 aromatic rings. The Hall–Kier alpha value is -1.93. The fourth-order valence-electron chi connectivity index (χ4n) is 3.41. The summed E-state index contributed by atoms with van der Waals surface area (Å²) < 4.78 is 28.6. The Labute approximate surface area is 153 Å². The van der Waals surface area contributed by atoms with E-state index in [2.05, 4.69) is 0 Å². The van der Waals surface area contributed by atoms with E-state index in [1.54, 1.807) is 17.0 Å². The number of amides is 2. The third-order valence-electron chi connectivity index (χ3n) is 4.96. The Bertz CT molecular complexity index is 779. The zero-order valence-electron chi connectivity index (χ0n) is 14.9. The monoisotopic (exact) mass is 380 g/mol. The molecule has 142 valence electrons. The van der Waals surface area contributed by atoms with Crippen molar-refractivity contribution in [2.75, 3.05) is 45.6 Å². The number of carbonyl (C=O) groups is 2. The lowest BCUT2D eigenvalue weighted by molar-refractivity contribution is -0.141. The van der Waals surface area contributed by atoms with Crippen LogP contribution in [0.2, 0.25) is 0 Å². The number of morpholine rings is 1.